The van der Waals surface area contributed by atoms with Crippen LogP contribution in [0.4, 0.5) is 0 Å². The minimum absolute atomic E-state index is 0.0671. The molecule has 0 amide bonds. The van der Waals surface area contributed by atoms with Crippen LogP contribution < -0.4 is 0 Å². The molecule has 0 spiro atoms. The van der Waals surface area contributed by atoms with Crippen molar-refractivity contribution in [3.63, 3.8) is 0 Å². The van der Waals surface area contributed by atoms with Crippen molar-refractivity contribution >= 4 is 11.8 Å². The van der Waals surface area contributed by atoms with Gasteiger partial charge in [0.05, 0.1) is 0 Å². The Balaban J connectivity index is 2.35. The number of hydrogen-bond acceptors (Lipinski definition) is 3. The molecule has 0 aromatic carbocycles. The first-order valence-corrected chi connectivity index (χ1v) is 5.50. The Kier molecular flexibility index (Phi) is 2.34. The SMILES string of the molecule is CC(C)C12CCN(CC1)C(C(=O)O)C2=O. The van der Waals surface area contributed by atoms with Crippen molar-refractivity contribution in [2.24, 2.45) is 11.3 Å². The zero-order valence-corrected chi connectivity index (χ0v) is 9.19. The lowest BCUT2D eigenvalue weighted by atomic mass is 9.62. The summed E-state index contributed by atoms with van der Waals surface area (Å²) < 4.78 is 0. The fourth-order valence-corrected chi connectivity index (χ4v) is 3.00. The molecular weight excluding hydrogens is 194 g/mol. The van der Waals surface area contributed by atoms with E-state index in [1.807, 2.05) is 13.8 Å². The van der Waals surface area contributed by atoms with Crippen LogP contribution in [0.2, 0.25) is 0 Å². The maximum Gasteiger partial charge on any atom is 0.328 e. The third-order valence-electron chi connectivity index (χ3n) is 4.13. The smallest absolute Gasteiger partial charge is 0.328 e. The summed E-state index contributed by atoms with van der Waals surface area (Å²) in [5.41, 5.74) is -0.363. The molecule has 3 fully saturated rings. The largest absolute Gasteiger partial charge is 0.480 e. The monoisotopic (exact) mass is 211 g/mol. The van der Waals surface area contributed by atoms with Gasteiger partial charge in [0.25, 0.3) is 0 Å². The van der Waals surface area contributed by atoms with E-state index in [2.05, 4.69) is 0 Å². The summed E-state index contributed by atoms with van der Waals surface area (Å²) in [4.78, 5) is 25.0. The molecule has 4 heteroatoms. The van der Waals surface area contributed by atoms with E-state index in [9.17, 15) is 9.59 Å². The van der Waals surface area contributed by atoms with E-state index in [0.717, 1.165) is 25.9 Å². The molecule has 3 aliphatic rings. The van der Waals surface area contributed by atoms with Crippen LogP contribution in [0.1, 0.15) is 26.7 Å². The number of fused-ring (bicyclic) bond motifs is 3. The van der Waals surface area contributed by atoms with Crippen LogP contribution in [0.15, 0.2) is 0 Å². The van der Waals surface area contributed by atoms with Crippen LogP contribution in [0.3, 0.4) is 0 Å². The molecule has 3 aliphatic heterocycles. The molecule has 0 aliphatic carbocycles. The number of rotatable bonds is 2. The standard InChI is InChI=1S/C11H17NO3/c1-7(2)11-3-5-12(6-4-11)8(9(11)13)10(14)15/h7-8H,3-6H2,1-2H3,(H,14,15). The fraction of sp³-hybridized carbons (Fsp3) is 0.818. The Bertz CT molecular complexity index is 303. The van der Waals surface area contributed by atoms with Crippen molar-refractivity contribution in [1.82, 2.24) is 4.90 Å². The number of aliphatic carboxylic acids is 1. The van der Waals surface area contributed by atoms with E-state index < -0.39 is 12.0 Å². The molecule has 1 unspecified atom stereocenters. The maximum absolute atomic E-state index is 12.2. The Hall–Kier alpha value is -0.900. The van der Waals surface area contributed by atoms with Gasteiger partial charge in [-0.05, 0) is 18.8 Å². The predicted octanol–water partition coefficient (Wildman–Crippen LogP) is 0.761. The third-order valence-corrected chi connectivity index (χ3v) is 4.13. The number of nitrogens with zero attached hydrogens (tertiary/aromatic N) is 1. The average molecular weight is 211 g/mol. The highest BCUT2D eigenvalue weighted by atomic mass is 16.4. The van der Waals surface area contributed by atoms with Crippen LogP contribution in [-0.4, -0.2) is 40.9 Å². The van der Waals surface area contributed by atoms with Crippen LogP contribution in [0.5, 0.6) is 0 Å². The number of ketones is 1. The van der Waals surface area contributed by atoms with Gasteiger partial charge in [0, 0.05) is 18.5 Å². The highest BCUT2D eigenvalue weighted by Gasteiger charge is 2.55. The fourth-order valence-electron chi connectivity index (χ4n) is 3.00. The van der Waals surface area contributed by atoms with Gasteiger partial charge >= 0.3 is 5.97 Å². The predicted molar refractivity (Wildman–Crippen MR) is 54.5 cm³/mol. The number of Topliss-reactive ketones (excluding diaryl/α,β-unsaturated/α-hetero) is 1. The molecule has 84 valence electrons. The van der Waals surface area contributed by atoms with Gasteiger partial charge in [0.15, 0.2) is 11.8 Å². The number of carboxylic acid groups (broad SMARTS) is 1. The molecule has 3 heterocycles. The second-order valence-electron chi connectivity index (χ2n) is 4.95. The summed E-state index contributed by atoms with van der Waals surface area (Å²) in [6, 6.07) is -0.880. The number of carbonyl (C=O) groups excluding carboxylic acids is 1. The Labute approximate surface area is 89.3 Å². The summed E-state index contributed by atoms with van der Waals surface area (Å²) in [7, 11) is 0. The molecule has 0 aromatic heterocycles. The highest BCUT2D eigenvalue weighted by molar-refractivity contribution is 6.06. The van der Waals surface area contributed by atoms with Gasteiger partial charge in [-0.2, -0.15) is 0 Å². The van der Waals surface area contributed by atoms with Crippen LogP contribution >= 0.6 is 0 Å². The van der Waals surface area contributed by atoms with Crippen LogP contribution in [0, 0.1) is 11.3 Å². The first-order chi connectivity index (χ1) is 6.99. The van der Waals surface area contributed by atoms with E-state index in [4.69, 9.17) is 5.11 Å². The van der Waals surface area contributed by atoms with Gasteiger partial charge in [-0.3, -0.25) is 14.5 Å². The first kappa shape index (κ1) is 10.6. The first-order valence-electron chi connectivity index (χ1n) is 5.50. The van der Waals surface area contributed by atoms with Gasteiger partial charge < -0.3 is 5.11 Å². The van der Waals surface area contributed by atoms with E-state index in [-0.39, 0.29) is 17.1 Å². The average Bonchev–Trinajstić information content (AvgIpc) is 2.18. The molecule has 1 atom stereocenters. The summed E-state index contributed by atoms with van der Waals surface area (Å²) in [5, 5.41) is 9.06. The van der Waals surface area contributed by atoms with Gasteiger partial charge in [-0.15, -0.1) is 0 Å². The van der Waals surface area contributed by atoms with Crippen molar-refractivity contribution in [3.05, 3.63) is 0 Å². The topological polar surface area (TPSA) is 57.6 Å². The molecule has 3 rings (SSSR count). The van der Waals surface area contributed by atoms with E-state index in [0.29, 0.717) is 0 Å². The van der Waals surface area contributed by atoms with E-state index in [1.165, 1.54) is 0 Å². The zero-order valence-electron chi connectivity index (χ0n) is 9.19. The molecule has 2 bridgehead atoms. The molecule has 15 heavy (non-hydrogen) atoms. The molecule has 0 aromatic rings. The minimum atomic E-state index is -0.982. The molecule has 1 N–H and O–H groups in total. The molecule has 0 radical (unpaired) electrons. The van der Waals surface area contributed by atoms with E-state index in [1.54, 1.807) is 4.90 Å². The van der Waals surface area contributed by atoms with Crippen LogP contribution in [0.25, 0.3) is 0 Å². The molecular formula is C11H17NO3. The lowest BCUT2D eigenvalue weighted by Gasteiger charge is -2.51. The number of carboxylic acids is 1. The van der Waals surface area contributed by atoms with Gasteiger partial charge in [0.1, 0.15) is 0 Å². The number of piperidine rings is 3. The van der Waals surface area contributed by atoms with Crippen molar-refractivity contribution in [3.8, 4) is 0 Å². The molecule has 0 saturated carbocycles. The highest BCUT2D eigenvalue weighted by Crippen LogP contribution is 2.45. The summed E-state index contributed by atoms with van der Waals surface area (Å²) in [6.45, 7) is 5.55. The summed E-state index contributed by atoms with van der Waals surface area (Å²) >= 11 is 0. The quantitative estimate of drug-likeness (QED) is 0.685. The van der Waals surface area contributed by atoms with Gasteiger partial charge in [0.2, 0.25) is 0 Å². The van der Waals surface area contributed by atoms with E-state index >= 15 is 0 Å². The number of hydrogen-bond donors (Lipinski definition) is 1. The second kappa shape index (κ2) is 3.30. The normalized spacial score (nSPS) is 39.8. The molecule has 4 nitrogen and oxygen atoms in total. The van der Waals surface area contributed by atoms with Crippen molar-refractivity contribution < 1.29 is 14.7 Å². The molecule has 3 saturated heterocycles. The second-order valence-corrected chi connectivity index (χ2v) is 4.95. The summed E-state index contributed by atoms with van der Waals surface area (Å²) in [5.74, 6) is -0.804. The number of carbonyl (C=O) groups is 2. The Morgan fingerprint density at radius 2 is 2.00 bits per heavy atom. The zero-order chi connectivity index (χ0) is 11.2. The maximum atomic E-state index is 12.2. The lowest BCUT2D eigenvalue weighted by molar-refractivity contribution is -0.165. The van der Waals surface area contributed by atoms with Crippen molar-refractivity contribution in [2.75, 3.05) is 13.1 Å². The Morgan fingerprint density at radius 1 is 1.47 bits per heavy atom. The lowest BCUT2D eigenvalue weighted by Crippen LogP contribution is -2.65. The summed E-state index contributed by atoms with van der Waals surface area (Å²) in [6.07, 6.45) is 1.65. The third kappa shape index (κ3) is 1.31. The van der Waals surface area contributed by atoms with Crippen LogP contribution in [-0.2, 0) is 9.59 Å². The van der Waals surface area contributed by atoms with Crippen molar-refractivity contribution in [1.29, 1.82) is 0 Å². The van der Waals surface area contributed by atoms with Gasteiger partial charge in [-0.1, -0.05) is 13.8 Å². The van der Waals surface area contributed by atoms with Crippen molar-refractivity contribution in [2.45, 2.75) is 32.7 Å². The Morgan fingerprint density at radius 3 is 2.40 bits per heavy atom. The van der Waals surface area contributed by atoms with Gasteiger partial charge in [-0.25, -0.2) is 0 Å². The minimum Gasteiger partial charge on any atom is -0.480 e.